The molecule has 0 aromatic heterocycles. The van der Waals surface area contributed by atoms with E-state index in [1.807, 2.05) is 0 Å². The molecule has 3 nitrogen and oxygen atoms in total. The van der Waals surface area contributed by atoms with Gasteiger partial charge in [-0.15, -0.1) is 0 Å². The molecular weight excluding hydrogens is 382 g/mol. The quantitative estimate of drug-likeness (QED) is 0.704. The summed E-state index contributed by atoms with van der Waals surface area (Å²) in [5, 5.41) is 2.96. The summed E-state index contributed by atoms with van der Waals surface area (Å²) in [7, 11) is 0. The Morgan fingerprint density at radius 3 is 2.62 bits per heavy atom. The van der Waals surface area contributed by atoms with E-state index in [9.17, 15) is 9.18 Å². The average molecular weight is 392 g/mol. The molecule has 0 fully saturated rings. The van der Waals surface area contributed by atoms with Crippen molar-refractivity contribution in [3.05, 3.63) is 55.7 Å². The van der Waals surface area contributed by atoms with E-state index >= 15 is 0 Å². The first-order valence-corrected chi connectivity index (χ1v) is 7.36. The Kier molecular flexibility index (Phi) is 4.76. The van der Waals surface area contributed by atoms with Crippen LogP contribution in [0.25, 0.3) is 0 Å². The molecule has 0 aliphatic carbocycles. The summed E-state index contributed by atoms with van der Waals surface area (Å²) < 4.78 is 13.6. The second-order valence-corrected chi connectivity index (χ2v) is 6.04. The molecule has 2 aromatic carbocycles. The molecule has 1 amide bonds. The molecule has 0 aliphatic heterocycles. The molecule has 0 radical (unpaired) electrons. The lowest BCUT2D eigenvalue weighted by molar-refractivity contribution is 0.102. The largest absolute Gasteiger partial charge is 0.399 e. The van der Waals surface area contributed by atoms with Crippen LogP contribution in [0.5, 0.6) is 0 Å². The Labute approximate surface area is 139 Å². The SMILES string of the molecule is Cc1cc(F)c(Br)cc1NC(=O)c1cc(N)cc(Cl)c1Cl. The van der Waals surface area contributed by atoms with Gasteiger partial charge in [-0.3, -0.25) is 4.79 Å². The van der Waals surface area contributed by atoms with Crippen LogP contribution in [0.1, 0.15) is 15.9 Å². The number of nitrogens with two attached hydrogens (primary N) is 1. The molecule has 2 rings (SSSR count). The Morgan fingerprint density at radius 1 is 1.29 bits per heavy atom. The van der Waals surface area contributed by atoms with Gasteiger partial charge in [-0.25, -0.2) is 4.39 Å². The third-order valence-electron chi connectivity index (χ3n) is 2.81. The highest BCUT2D eigenvalue weighted by molar-refractivity contribution is 9.10. The number of rotatable bonds is 2. The van der Waals surface area contributed by atoms with Crippen LogP contribution in [-0.4, -0.2) is 5.91 Å². The molecule has 0 spiro atoms. The van der Waals surface area contributed by atoms with Gasteiger partial charge in [0.1, 0.15) is 5.82 Å². The van der Waals surface area contributed by atoms with Crippen LogP contribution < -0.4 is 11.1 Å². The van der Waals surface area contributed by atoms with Gasteiger partial charge in [0.2, 0.25) is 0 Å². The minimum Gasteiger partial charge on any atom is -0.399 e. The van der Waals surface area contributed by atoms with Crippen LogP contribution in [0.4, 0.5) is 15.8 Å². The molecule has 0 saturated heterocycles. The number of carbonyl (C=O) groups excluding carboxylic acids is 1. The summed E-state index contributed by atoms with van der Waals surface area (Å²) in [6.07, 6.45) is 0. The third-order valence-corrected chi connectivity index (χ3v) is 4.22. The van der Waals surface area contributed by atoms with Gasteiger partial charge < -0.3 is 11.1 Å². The second-order valence-electron chi connectivity index (χ2n) is 4.40. The number of carbonyl (C=O) groups is 1. The van der Waals surface area contributed by atoms with E-state index in [0.717, 1.165) is 0 Å². The van der Waals surface area contributed by atoms with Crippen molar-refractivity contribution in [3.8, 4) is 0 Å². The van der Waals surface area contributed by atoms with Crippen LogP contribution in [0, 0.1) is 12.7 Å². The monoisotopic (exact) mass is 390 g/mol. The van der Waals surface area contributed by atoms with Gasteiger partial charge in [0.25, 0.3) is 5.91 Å². The topological polar surface area (TPSA) is 55.1 Å². The van der Waals surface area contributed by atoms with Gasteiger partial charge in [-0.1, -0.05) is 23.2 Å². The maximum absolute atomic E-state index is 13.4. The van der Waals surface area contributed by atoms with Gasteiger partial charge in [0.15, 0.2) is 0 Å². The van der Waals surface area contributed by atoms with E-state index in [1.165, 1.54) is 24.3 Å². The number of aryl methyl sites for hydroxylation is 1. The van der Waals surface area contributed by atoms with Crippen molar-refractivity contribution >= 4 is 56.4 Å². The van der Waals surface area contributed by atoms with Crippen LogP contribution in [-0.2, 0) is 0 Å². The van der Waals surface area contributed by atoms with E-state index in [1.54, 1.807) is 6.92 Å². The van der Waals surface area contributed by atoms with Crippen molar-refractivity contribution in [2.24, 2.45) is 0 Å². The molecule has 0 bridgehead atoms. The van der Waals surface area contributed by atoms with Gasteiger partial charge >= 0.3 is 0 Å². The minimum atomic E-state index is -0.476. The molecule has 0 aliphatic rings. The molecule has 21 heavy (non-hydrogen) atoms. The van der Waals surface area contributed by atoms with Crippen LogP contribution in [0.3, 0.4) is 0 Å². The van der Waals surface area contributed by atoms with Gasteiger partial charge in [0.05, 0.1) is 20.1 Å². The van der Waals surface area contributed by atoms with Crippen molar-refractivity contribution < 1.29 is 9.18 Å². The number of nitrogen functional groups attached to an aromatic ring is 1. The zero-order valence-electron chi connectivity index (χ0n) is 10.8. The smallest absolute Gasteiger partial charge is 0.257 e. The Bertz CT molecular complexity index is 737. The standard InChI is InChI=1S/C14H10BrCl2FN2O/c1-6-2-11(18)9(15)5-12(6)20-14(21)8-3-7(19)4-10(16)13(8)17/h2-5H,19H2,1H3,(H,20,21). The van der Waals surface area contributed by atoms with Crippen molar-refractivity contribution in [2.75, 3.05) is 11.1 Å². The maximum Gasteiger partial charge on any atom is 0.257 e. The van der Waals surface area contributed by atoms with Crippen molar-refractivity contribution in [1.82, 2.24) is 0 Å². The van der Waals surface area contributed by atoms with E-state index in [-0.39, 0.29) is 20.1 Å². The summed E-state index contributed by atoms with van der Waals surface area (Å²) in [4.78, 5) is 12.3. The lowest BCUT2D eigenvalue weighted by Gasteiger charge is -2.11. The van der Waals surface area contributed by atoms with Gasteiger partial charge in [-0.2, -0.15) is 0 Å². The van der Waals surface area contributed by atoms with Crippen LogP contribution in [0.2, 0.25) is 10.0 Å². The van der Waals surface area contributed by atoms with Crippen molar-refractivity contribution in [2.45, 2.75) is 6.92 Å². The number of hydrogen-bond acceptors (Lipinski definition) is 2. The Morgan fingerprint density at radius 2 is 1.95 bits per heavy atom. The molecule has 3 N–H and O–H groups in total. The normalized spacial score (nSPS) is 10.5. The Hall–Kier alpha value is -1.30. The summed E-state index contributed by atoms with van der Waals surface area (Å²) >= 11 is 15.0. The fraction of sp³-hybridized carbons (Fsp3) is 0.0714. The van der Waals surface area contributed by atoms with Crippen LogP contribution in [0.15, 0.2) is 28.7 Å². The molecule has 0 atom stereocenters. The van der Waals surface area contributed by atoms with E-state index in [0.29, 0.717) is 16.9 Å². The summed E-state index contributed by atoms with van der Waals surface area (Å²) in [6, 6.07) is 5.68. The fourth-order valence-corrected chi connectivity index (χ4v) is 2.51. The molecular formula is C14H10BrCl2FN2O. The molecule has 0 unspecified atom stereocenters. The Balaban J connectivity index is 2.37. The minimum absolute atomic E-state index is 0.113. The second kappa shape index (κ2) is 6.22. The first kappa shape index (κ1) is 16.1. The van der Waals surface area contributed by atoms with Crippen molar-refractivity contribution in [3.63, 3.8) is 0 Å². The number of anilines is 2. The predicted octanol–water partition coefficient (Wildman–Crippen LogP) is 5.04. The highest BCUT2D eigenvalue weighted by Gasteiger charge is 2.16. The zero-order chi connectivity index (χ0) is 15.7. The lowest BCUT2D eigenvalue weighted by atomic mass is 10.1. The zero-order valence-corrected chi connectivity index (χ0v) is 13.9. The number of benzene rings is 2. The number of halogens is 4. The summed E-state index contributed by atoms with van der Waals surface area (Å²) in [6.45, 7) is 1.68. The van der Waals surface area contributed by atoms with E-state index < -0.39 is 11.7 Å². The number of amides is 1. The van der Waals surface area contributed by atoms with Gasteiger partial charge in [-0.05, 0) is 52.7 Å². The lowest BCUT2D eigenvalue weighted by Crippen LogP contribution is -2.14. The number of hydrogen-bond donors (Lipinski definition) is 2. The molecule has 110 valence electrons. The van der Waals surface area contributed by atoms with Gasteiger partial charge in [0, 0.05) is 11.4 Å². The highest BCUT2D eigenvalue weighted by Crippen LogP contribution is 2.30. The molecule has 0 heterocycles. The summed E-state index contributed by atoms with van der Waals surface area (Å²) in [5.74, 6) is -0.883. The van der Waals surface area contributed by atoms with E-state index in [4.69, 9.17) is 28.9 Å². The van der Waals surface area contributed by atoms with Crippen LogP contribution >= 0.6 is 39.1 Å². The predicted molar refractivity (Wildman–Crippen MR) is 87.7 cm³/mol. The molecule has 2 aromatic rings. The number of nitrogens with one attached hydrogen (secondary N) is 1. The maximum atomic E-state index is 13.4. The fourth-order valence-electron chi connectivity index (χ4n) is 1.75. The average Bonchev–Trinajstić information content (AvgIpc) is 2.40. The molecule has 7 heteroatoms. The van der Waals surface area contributed by atoms with Crippen molar-refractivity contribution in [1.29, 1.82) is 0 Å². The summed E-state index contributed by atoms with van der Waals surface area (Å²) in [5.41, 5.74) is 7.17. The highest BCUT2D eigenvalue weighted by atomic mass is 79.9. The molecule has 0 saturated carbocycles. The first-order chi connectivity index (χ1) is 9.79. The van der Waals surface area contributed by atoms with E-state index in [2.05, 4.69) is 21.2 Å². The first-order valence-electron chi connectivity index (χ1n) is 5.81. The third kappa shape index (κ3) is 3.48.